The molecule has 0 saturated heterocycles. The van der Waals surface area contributed by atoms with Gasteiger partial charge in [0.25, 0.3) is 0 Å². The molecule has 9 aromatic rings. The number of fused-ring (bicyclic) bond motifs is 12. The molecule has 2 aromatic heterocycles. The van der Waals surface area contributed by atoms with Crippen molar-refractivity contribution in [2.75, 3.05) is 4.90 Å². The predicted octanol–water partition coefficient (Wildman–Crippen LogP) is 12.9. The Morgan fingerprint density at radius 2 is 1.20 bits per heavy atom. The highest BCUT2D eigenvalue weighted by Gasteiger charge is 2.35. The smallest absolute Gasteiger partial charge is 0.144 e. The normalized spacial score (nSPS) is 13.6. The quantitative estimate of drug-likeness (QED) is 0.199. The number of nitrogens with zero attached hydrogens (tertiary/aromatic N) is 1. The van der Waals surface area contributed by atoms with Crippen molar-refractivity contribution >= 4 is 81.3 Å². The van der Waals surface area contributed by atoms with Crippen LogP contribution in [0.4, 0.5) is 17.1 Å². The summed E-state index contributed by atoms with van der Waals surface area (Å²) in [4.78, 5) is 2.39. The molecule has 0 radical (unpaired) electrons. The van der Waals surface area contributed by atoms with Crippen molar-refractivity contribution in [1.82, 2.24) is 0 Å². The molecule has 0 fully saturated rings. The lowest BCUT2D eigenvalue weighted by molar-refractivity contribution is 0.660. The summed E-state index contributed by atoms with van der Waals surface area (Å²) < 4.78 is 9.24. The summed E-state index contributed by atoms with van der Waals surface area (Å²) in [6.45, 7) is 4.69. The van der Waals surface area contributed by atoms with E-state index in [0.29, 0.717) is 0 Å². The highest BCUT2D eigenvalue weighted by atomic mass is 32.1. The van der Waals surface area contributed by atoms with Crippen LogP contribution in [0, 0.1) is 0 Å². The van der Waals surface area contributed by atoms with Crippen LogP contribution in [-0.2, 0) is 5.41 Å². The number of benzene rings is 7. The Balaban J connectivity index is 1.17. The Morgan fingerprint density at radius 1 is 0.500 bits per heavy atom. The summed E-state index contributed by atoms with van der Waals surface area (Å²) in [5.74, 6) is 0. The molecule has 2 heterocycles. The monoisotopic (exact) mass is 607 g/mol. The van der Waals surface area contributed by atoms with E-state index in [1.165, 1.54) is 58.6 Å². The van der Waals surface area contributed by atoms with Crippen molar-refractivity contribution in [3.05, 3.63) is 151 Å². The lowest BCUT2D eigenvalue weighted by atomic mass is 9.82. The van der Waals surface area contributed by atoms with Crippen molar-refractivity contribution in [3.63, 3.8) is 0 Å². The number of hydrogen-bond donors (Lipinski definition) is 0. The van der Waals surface area contributed by atoms with Crippen molar-refractivity contribution in [3.8, 4) is 11.1 Å². The fraction of sp³-hybridized carbons (Fsp3) is 0.0698. The van der Waals surface area contributed by atoms with Gasteiger partial charge < -0.3 is 9.32 Å². The minimum Gasteiger partial charge on any atom is -0.455 e. The van der Waals surface area contributed by atoms with Crippen LogP contribution in [0.25, 0.3) is 64.0 Å². The zero-order chi connectivity index (χ0) is 30.6. The van der Waals surface area contributed by atoms with Gasteiger partial charge >= 0.3 is 0 Å². The van der Waals surface area contributed by atoms with Crippen LogP contribution in [0.3, 0.4) is 0 Å². The Bertz CT molecular complexity index is 2680. The van der Waals surface area contributed by atoms with Crippen molar-refractivity contribution in [1.29, 1.82) is 0 Å². The molecule has 1 aliphatic carbocycles. The molecule has 0 amide bonds. The third-order valence-corrected chi connectivity index (χ3v) is 11.2. The predicted molar refractivity (Wildman–Crippen MR) is 196 cm³/mol. The van der Waals surface area contributed by atoms with Gasteiger partial charge in [-0.15, -0.1) is 11.3 Å². The van der Waals surface area contributed by atoms with Gasteiger partial charge in [-0.2, -0.15) is 0 Å². The van der Waals surface area contributed by atoms with Crippen LogP contribution in [0.1, 0.15) is 25.0 Å². The number of hydrogen-bond acceptors (Lipinski definition) is 3. The maximum Gasteiger partial charge on any atom is 0.144 e. The summed E-state index contributed by atoms with van der Waals surface area (Å²) in [7, 11) is 0. The minimum absolute atomic E-state index is 0.0665. The summed E-state index contributed by atoms with van der Waals surface area (Å²) in [6.07, 6.45) is 0. The van der Waals surface area contributed by atoms with E-state index in [-0.39, 0.29) is 5.41 Å². The second kappa shape index (κ2) is 9.32. The molecule has 3 heteroatoms. The van der Waals surface area contributed by atoms with E-state index in [2.05, 4.69) is 158 Å². The van der Waals surface area contributed by atoms with Gasteiger partial charge in [0.1, 0.15) is 11.2 Å². The maximum atomic E-state index is 6.75. The van der Waals surface area contributed by atoms with Crippen LogP contribution < -0.4 is 4.90 Å². The Kier molecular flexibility index (Phi) is 5.25. The third-order valence-electron chi connectivity index (χ3n) is 10.0. The van der Waals surface area contributed by atoms with Gasteiger partial charge in [-0.25, -0.2) is 0 Å². The molecule has 10 rings (SSSR count). The summed E-state index contributed by atoms with van der Waals surface area (Å²) >= 11 is 1.84. The van der Waals surface area contributed by atoms with Crippen LogP contribution in [-0.4, -0.2) is 0 Å². The van der Waals surface area contributed by atoms with E-state index < -0.39 is 0 Å². The van der Waals surface area contributed by atoms with Crippen molar-refractivity contribution in [2.45, 2.75) is 19.3 Å². The van der Waals surface area contributed by atoms with E-state index in [9.17, 15) is 0 Å². The maximum absolute atomic E-state index is 6.75. The second-order valence-electron chi connectivity index (χ2n) is 12.9. The fourth-order valence-electron chi connectivity index (χ4n) is 7.81. The number of rotatable bonds is 3. The number of para-hydroxylation sites is 1. The van der Waals surface area contributed by atoms with E-state index in [4.69, 9.17) is 4.42 Å². The number of furan rings is 1. The molecule has 2 nitrogen and oxygen atoms in total. The average Bonchev–Trinajstić information content (AvgIpc) is 3.73. The molecule has 0 N–H and O–H groups in total. The van der Waals surface area contributed by atoms with Crippen LogP contribution in [0.15, 0.2) is 144 Å². The molecule has 0 atom stereocenters. The van der Waals surface area contributed by atoms with Crippen LogP contribution in [0.5, 0.6) is 0 Å². The van der Waals surface area contributed by atoms with E-state index in [1.807, 2.05) is 11.3 Å². The molecular weight excluding hydrogens is 579 g/mol. The molecule has 7 aromatic carbocycles. The first-order chi connectivity index (χ1) is 22.6. The van der Waals surface area contributed by atoms with Crippen molar-refractivity contribution in [2.24, 2.45) is 0 Å². The SMILES string of the molecule is CC1(C)c2ccccc2-c2ccc(N(c3ccccc3)c3ccc4c(c3)sc3ccc5c6ccc7ccccc7c6oc5c34)cc21. The van der Waals surface area contributed by atoms with Gasteiger partial charge in [0.15, 0.2) is 0 Å². The highest BCUT2D eigenvalue weighted by molar-refractivity contribution is 7.26. The Morgan fingerprint density at radius 3 is 2.11 bits per heavy atom. The molecule has 1 aliphatic rings. The van der Waals surface area contributed by atoms with Gasteiger partial charge in [-0.05, 0) is 82.2 Å². The molecule has 0 saturated carbocycles. The van der Waals surface area contributed by atoms with Gasteiger partial charge in [0.05, 0.1) is 0 Å². The van der Waals surface area contributed by atoms with Crippen LogP contribution >= 0.6 is 11.3 Å². The topological polar surface area (TPSA) is 16.4 Å². The molecule has 46 heavy (non-hydrogen) atoms. The fourth-order valence-corrected chi connectivity index (χ4v) is 8.94. The lowest BCUT2D eigenvalue weighted by Crippen LogP contribution is -2.16. The van der Waals surface area contributed by atoms with Gasteiger partial charge in [0.2, 0.25) is 0 Å². The molecular formula is C43H29NOS. The molecule has 0 bridgehead atoms. The first kappa shape index (κ1) is 25.9. The zero-order valence-corrected chi connectivity index (χ0v) is 26.4. The standard InChI is InChI=1S/C43H29NOS/c1-43(2)36-15-9-8-14-31(36)32-20-17-28(24-37(32)43)44(27-11-4-3-5-12-27)29-18-21-35-39(25-29)46-38-23-22-34-33-19-16-26-10-6-7-13-30(26)41(33)45-42(34)40(35)38/h3-25H,1-2H3. The van der Waals surface area contributed by atoms with Gasteiger partial charge in [-0.1, -0.05) is 98.8 Å². The molecule has 0 spiro atoms. The second-order valence-corrected chi connectivity index (χ2v) is 14.0. The van der Waals surface area contributed by atoms with E-state index >= 15 is 0 Å². The van der Waals surface area contributed by atoms with E-state index in [1.54, 1.807) is 0 Å². The largest absolute Gasteiger partial charge is 0.455 e. The van der Waals surface area contributed by atoms with Gasteiger partial charge in [0, 0.05) is 58.8 Å². The minimum atomic E-state index is -0.0665. The highest BCUT2D eigenvalue weighted by Crippen LogP contribution is 2.51. The lowest BCUT2D eigenvalue weighted by Gasteiger charge is -2.28. The Labute approximate surface area is 270 Å². The first-order valence-electron chi connectivity index (χ1n) is 15.9. The van der Waals surface area contributed by atoms with Gasteiger partial charge in [-0.3, -0.25) is 0 Å². The Hall–Kier alpha value is -5.38. The first-order valence-corrected chi connectivity index (χ1v) is 16.7. The summed E-state index contributed by atoms with van der Waals surface area (Å²) in [5.41, 5.74) is 10.8. The average molecular weight is 608 g/mol. The molecule has 218 valence electrons. The molecule has 0 unspecified atom stereocenters. The zero-order valence-electron chi connectivity index (χ0n) is 25.5. The molecule has 0 aliphatic heterocycles. The van der Waals surface area contributed by atoms with Crippen molar-refractivity contribution < 1.29 is 4.42 Å². The number of anilines is 3. The van der Waals surface area contributed by atoms with E-state index in [0.717, 1.165) is 33.6 Å². The summed E-state index contributed by atoms with van der Waals surface area (Å²) in [6, 6.07) is 50.9. The number of thiophene rings is 1. The summed E-state index contributed by atoms with van der Waals surface area (Å²) in [5, 5.41) is 7.13. The third kappa shape index (κ3) is 3.52. The van der Waals surface area contributed by atoms with Crippen LogP contribution in [0.2, 0.25) is 0 Å².